The predicted octanol–water partition coefficient (Wildman–Crippen LogP) is 1.92. The number of halogens is 1. The second-order valence-corrected chi connectivity index (χ2v) is 7.55. The highest BCUT2D eigenvalue weighted by Gasteiger charge is 2.16. The number of morpholine rings is 1. The first kappa shape index (κ1) is 19.2. The Labute approximate surface area is 163 Å². The van der Waals surface area contributed by atoms with Crippen LogP contribution in [0.2, 0.25) is 5.02 Å². The first-order valence-corrected chi connectivity index (χ1v) is 10.0. The van der Waals surface area contributed by atoms with Crippen molar-refractivity contribution in [2.75, 3.05) is 39.4 Å². The van der Waals surface area contributed by atoms with Gasteiger partial charge < -0.3 is 15.0 Å². The van der Waals surface area contributed by atoms with Gasteiger partial charge in [0.25, 0.3) is 5.91 Å². The minimum Gasteiger partial charge on any atom is -0.370 e. The number of benzene rings is 1. The maximum absolute atomic E-state index is 12.6. The third kappa shape index (κ3) is 5.45. The molecule has 1 aromatic heterocycles. The van der Waals surface area contributed by atoms with Crippen molar-refractivity contribution in [3.8, 4) is 0 Å². The van der Waals surface area contributed by atoms with Gasteiger partial charge >= 0.3 is 0 Å². The normalized spacial score (nSPS) is 15.0. The van der Waals surface area contributed by atoms with Crippen molar-refractivity contribution in [1.82, 2.24) is 10.3 Å². The topological polar surface area (TPSA) is 55.7 Å². The molecule has 1 fully saturated rings. The van der Waals surface area contributed by atoms with Crippen LogP contribution in [0.3, 0.4) is 0 Å². The summed E-state index contributed by atoms with van der Waals surface area (Å²) < 4.78 is 5.36. The number of carbonyl (C=O) groups is 1. The van der Waals surface area contributed by atoms with Crippen molar-refractivity contribution in [2.45, 2.75) is 16.3 Å². The monoisotopic (exact) mass is 392 g/mol. The SMILES string of the molecule is O=C(NCCC[NH+]1CCOCC1)c1cccnc1Sc1ccccc1Cl. The number of aromatic nitrogens is 1. The Kier molecular flexibility index (Phi) is 7.32. The molecule has 2 N–H and O–H groups in total. The van der Waals surface area contributed by atoms with Gasteiger partial charge in [-0.05, 0) is 24.3 Å². The third-order valence-electron chi connectivity index (χ3n) is 4.25. The molecule has 3 rings (SSSR count). The van der Waals surface area contributed by atoms with E-state index >= 15 is 0 Å². The summed E-state index contributed by atoms with van der Waals surface area (Å²) in [5.74, 6) is -0.0929. The maximum atomic E-state index is 12.6. The van der Waals surface area contributed by atoms with E-state index in [1.54, 1.807) is 23.2 Å². The second kappa shape index (κ2) is 9.92. The Balaban J connectivity index is 1.54. The van der Waals surface area contributed by atoms with Crippen LogP contribution in [0.1, 0.15) is 16.8 Å². The van der Waals surface area contributed by atoms with Gasteiger partial charge in [0.05, 0.1) is 30.3 Å². The zero-order valence-corrected chi connectivity index (χ0v) is 16.1. The van der Waals surface area contributed by atoms with Gasteiger partial charge in [-0.1, -0.05) is 35.5 Å². The summed E-state index contributed by atoms with van der Waals surface area (Å²) >= 11 is 7.63. The number of nitrogens with zero attached hydrogens (tertiary/aromatic N) is 1. The van der Waals surface area contributed by atoms with Crippen LogP contribution in [0.15, 0.2) is 52.5 Å². The molecule has 0 unspecified atom stereocenters. The van der Waals surface area contributed by atoms with E-state index in [2.05, 4.69) is 10.3 Å². The van der Waals surface area contributed by atoms with E-state index in [9.17, 15) is 4.79 Å². The first-order valence-electron chi connectivity index (χ1n) is 8.81. The van der Waals surface area contributed by atoms with Gasteiger partial charge in [0, 0.05) is 24.1 Å². The van der Waals surface area contributed by atoms with Gasteiger partial charge in [-0.15, -0.1) is 0 Å². The molecule has 0 bridgehead atoms. The molecule has 0 spiro atoms. The van der Waals surface area contributed by atoms with E-state index < -0.39 is 0 Å². The van der Waals surface area contributed by atoms with Gasteiger partial charge in [0.1, 0.15) is 18.1 Å². The van der Waals surface area contributed by atoms with E-state index in [0.717, 1.165) is 44.2 Å². The Bertz CT molecular complexity index is 738. The van der Waals surface area contributed by atoms with Crippen LogP contribution in [0.4, 0.5) is 0 Å². The third-order valence-corrected chi connectivity index (χ3v) is 5.79. The number of ether oxygens (including phenoxy) is 1. The summed E-state index contributed by atoms with van der Waals surface area (Å²) in [6.45, 7) is 5.48. The molecule has 1 aromatic carbocycles. The highest BCUT2D eigenvalue weighted by molar-refractivity contribution is 7.99. The molecule has 0 aliphatic carbocycles. The lowest BCUT2D eigenvalue weighted by Gasteiger charge is -2.23. The second-order valence-electron chi connectivity index (χ2n) is 6.11. The lowest BCUT2D eigenvalue weighted by molar-refractivity contribution is -0.908. The van der Waals surface area contributed by atoms with Crippen LogP contribution in [-0.2, 0) is 4.74 Å². The number of amides is 1. The molecule has 7 heteroatoms. The fourth-order valence-corrected chi connectivity index (χ4v) is 3.98. The van der Waals surface area contributed by atoms with E-state index in [4.69, 9.17) is 16.3 Å². The van der Waals surface area contributed by atoms with Crippen molar-refractivity contribution in [3.63, 3.8) is 0 Å². The van der Waals surface area contributed by atoms with Gasteiger partial charge in [-0.3, -0.25) is 4.79 Å². The molecule has 138 valence electrons. The van der Waals surface area contributed by atoms with Crippen LogP contribution < -0.4 is 10.2 Å². The van der Waals surface area contributed by atoms with Gasteiger partial charge in [0.15, 0.2) is 0 Å². The summed E-state index contributed by atoms with van der Waals surface area (Å²) in [6.07, 6.45) is 2.64. The molecule has 5 nitrogen and oxygen atoms in total. The highest BCUT2D eigenvalue weighted by atomic mass is 35.5. The van der Waals surface area contributed by atoms with Crippen molar-refractivity contribution < 1.29 is 14.4 Å². The number of nitrogens with one attached hydrogen (secondary N) is 2. The van der Waals surface area contributed by atoms with Crippen LogP contribution in [0.25, 0.3) is 0 Å². The van der Waals surface area contributed by atoms with Crippen molar-refractivity contribution in [2.24, 2.45) is 0 Å². The molecular weight excluding hydrogens is 370 g/mol. The molecule has 1 aliphatic heterocycles. The highest BCUT2D eigenvalue weighted by Crippen LogP contribution is 2.33. The minimum absolute atomic E-state index is 0.0929. The largest absolute Gasteiger partial charge is 0.370 e. The Hall–Kier alpha value is -1.60. The number of carbonyl (C=O) groups excluding carboxylic acids is 1. The molecule has 0 radical (unpaired) electrons. The average molecular weight is 393 g/mol. The van der Waals surface area contributed by atoms with Crippen molar-refractivity contribution in [3.05, 3.63) is 53.2 Å². The average Bonchev–Trinajstić information content (AvgIpc) is 2.68. The van der Waals surface area contributed by atoms with E-state index in [0.29, 0.717) is 22.2 Å². The Morgan fingerprint density at radius 1 is 1.23 bits per heavy atom. The van der Waals surface area contributed by atoms with Gasteiger partial charge in [-0.2, -0.15) is 0 Å². The molecular formula is C19H23ClN3O2S+. The van der Waals surface area contributed by atoms with E-state index in [1.807, 2.05) is 24.3 Å². The lowest BCUT2D eigenvalue weighted by Crippen LogP contribution is -3.14. The molecule has 2 heterocycles. The zero-order chi connectivity index (χ0) is 18.2. The van der Waals surface area contributed by atoms with E-state index in [1.165, 1.54) is 11.8 Å². The summed E-state index contributed by atoms with van der Waals surface area (Å²) in [7, 11) is 0. The molecule has 1 amide bonds. The predicted molar refractivity (Wildman–Crippen MR) is 103 cm³/mol. The Morgan fingerprint density at radius 2 is 2.04 bits per heavy atom. The summed E-state index contributed by atoms with van der Waals surface area (Å²) in [5, 5.41) is 4.33. The number of pyridine rings is 1. The lowest BCUT2D eigenvalue weighted by atomic mass is 10.2. The molecule has 1 saturated heterocycles. The van der Waals surface area contributed by atoms with Gasteiger partial charge in [-0.25, -0.2) is 4.98 Å². The van der Waals surface area contributed by atoms with Crippen molar-refractivity contribution in [1.29, 1.82) is 0 Å². The fourth-order valence-electron chi connectivity index (χ4n) is 2.82. The van der Waals surface area contributed by atoms with Crippen molar-refractivity contribution >= 4 is 29.3 Å². The quantitative estimate of drug-likeness (QED) is 0.707. The Morgan fingerprint density at radius 3 is 2.85 bits per heavy atom. The smallest absolute Gasteiger partial charge is 0.254 e. The molecule has 1 aliphatic rings. The van der Waals surface area contributed by atoms with Crippen LogP contribution in [0.5, 0.6) is 0 Å². The van der Waals surface area contributed by atoms with Gasteiger partial charge in [0.2, 0.25) is 0 Å². The molecule has 26 heavy (non-hydrogen) atoms. The fraction of sp³-hybridized carbons (Fsp3) is 0.368. The minimum atomic E-state index is -0.0929. The summed E-state index contributed by atoms with van der Waals surface area (Å²) in [6, 6.07) is 11.1. The van der Waals surface area contributed by atoms with Crippen LogP contribution in [0, 0.1) is 0 Å². The molecule has 0 atom stereocenters. The first-order chi connectivity index (χ1) is 12.7. The summed E-state index contributed by atoms with van der Waals surface area (Å²) in [5.41, 5.74) is 0.580. The van der Waals surface area contributed by atoms with Crippen LogP contribution >= 0.6 is 23.4 Å². The maximum Gasteiger partial charge on any atom is 0.254 e. The molecule has 0 saturated carbocycles. The van der Waals surface area contributed by atoms with E-state index in [-0.39, 0.29) is 5.91 Å². The standard InChI is InChI=1S/C19H22ClN3O2S/c20-16-6-1-2-7-17(16)26-19-15(5-3-8-22-19)18(24)21-9-4-10-23-11-13-25-14-12-23/h1-3,5-8H,4,9-14H2,(H,21,24)/p+1. The molecule has 2 aromatic rings. The van der Waals surface area contributed by atoms with Crippen LogP contribution in [-0.4, -0.2) is 50.3 Å². The number of hydrogen-bond acceptors (Lipinski definition) is 4. The zero-order valence-electron chi connectivity index (χ0n) is 14.5. The number of quaternary nitrogens is 1. The summed E-state index contributed by atoms with van der Waals surface area (Å²) in [4.78, 5) is 19.4. The number of rotatable bonds is 7. The number of hydrogen-bond donors (Lipinski definition) is 2.